The van der Waals surface area contributed by atoms with E-state index in [4.69, 9.17) is 10.4 Å². The Bertz CT molecular complexity index is 107. The Kier molecular flexibility index (Phi) is 2.00. The number of hydrogen-bond acceptors (Lipinski definition) is 2. The first kappa shape index (κ1) is 7.45. The molecule has 0 aliphatic carbocycles. The molecule has 0 aromatic rings. The normalized spacial score (nSPS) is 14.9. The van der Waals surface area contributed by atoms with Gasteiger partial charge in [0.05, 0.1) is 17.6 Å². The smallest absolute Gasteiger partial charge is 0.0746 e. The fraction of sp³-hybridized carbons (Fsp3) is 0.833. The Morgan fingerprint density at radius 2 is 2.00 bits per heavy atom. The molecule has 0 radical (unpaired) electrons. The van der Waals surface area contributed by atoms with Gasteiger partial charge in [-0.2, -0.15) is 5.26 Å². The summed E-state index contributed by atoms with van der Waals surface area (Å²) >= 11 is 0. The van der Waals surface area contributed by atoms with E-state index in [1.54, 1.807) is 20.8 Å². The average molecular weight is 113 g/mol. The molecule has 2 heteroatoms. The third-order valence-electron chi connectivity index (χ3n) is 1.25. The lowest BCUT2D eigenvalue weighted by Gasteiger charge is -2.18. The summed E-state index contributed by atoms with van der Waals surface area (Å²) in [6, 6.07) is 1.95. The third-order valence-corrected chi connectivity index (χ3v) is 1.25. The molecule has 0 amide bonds. The molecule has 0 aromatic carbocycles. The zero-order valence-electron chi connectivity index (χ0n) is 5.47. The second-order valence-electron chi connectivity index (χ2n) is 2.50. The van der Waals surface area contributed by atoms with Crippen molar-refractivity contribution in [2.75, 3.05) is 0 Å². The summed E-state index contributed by atoms with van der Waals surface area (Å²) in [5.41, 5.74) is -0.852. The van der Waals surface area contributed by atoms with Crippen LogP contribution in [-0.4, -0.2) is 10.7 Å². The Hall–Kier alpha value is -0.550. The van der Waals surface area contributed by atoms with Crippen LogP contribution in [0.3, 0.4) is 0 Å². The van der Waals surface area contributed by atoms with E-state index in [1.807, 2.05) is 6.07 Å². The van der Waals surface area contributed by atoms with Crippen LogP contribution in [0.4, 0.5) is 0 Å². The maximum absolute atomic E-state index is 9.06. The first-order valence-electron chi connectivity index (χ1n) is 2.60. The Morgan fingerprint density at radius 1 is 1.62 bits per heavy atom. The Labute approximate surface area is 49.8 Å². The molecule has 0 fully saturated rings. The van der Waals surface area contributed by atoms with Crippen molar-refractivity contribution in [2.24, 2.45) is 5.92 Å². The zero-order valence-corrected chi connectivity index (χ0v) is 5.47. The topological polar surface area (TPSA) is 44.0 Å². The summed E-state index contributed by atoms with van der Waals surface area (Å²) in [5, 5.41) is 17.3. The molecule has 0 aliphatic heterocycles. The molecule has 0 aromatic heterocycles. The molecule has 8 heavy (non-hydrogen) atoms. The van der Waals surface area contributed by atoms with Gasteiger partial charge < -0.3 is 5.11 Å². The monoisotopic (exact) mass is 113 g/mol. The van der Waals surface area contributed by atoms with Crippen molar-refractivity contribution in [1.82, 2.24) is 0 Å². The highest BCUT2D eigenvalue weighted by Crippen LogP contribution is 2.13. The highest BCUT2D eigenvalue weighted by molar-refractivity contribution is 4.89. The maximum Gasteiger partial charge on any atom is 0.0746 e. The number of rotatable bonds is 1. The van der Waals surface area contributed by atoms with E-state index >= 15 is 0 Å². The van der Waals surface area contributed by atoms with Gasteiger partial charge in [0, 0.05) is 0 Å². The Morgan fingerprint density at radius 3 is 2.00 bits per heavy atom. The van der Waals surface area contributed by atoms with Crippen molar-refractivity contribution < 1.29 is 5.11 Å². The van der Waals surface area contributed by atoms with Crippen LogP contribution < -0.4 is 0 Å². The quantitative estimate of drug-likeness (QED) is 0.549. The predicted octanol–water partition coefficient (Wildman–Crippen LogP) is 0.917. The minimum absolute atomic E-state index is 0.289. The first-order chi connectivity index (χ1) is 3.48. The second kappa shape index (κ2) is 2.15. The van der Waals surface area contributed by atoms with E-state index in [1.165, 1.54) is 0 Å². The van der Waals surface area contributed by atoms with Crippen LogP contribution in [-0.2, 0) is 0 Å². The number of hydrogen-bond donors (Lipinski definition) is 1. The minimum atomic E-state index is -0.852. The molecule has 46 valence electrons. The van der Waals surface area contributed by atoms with E-state index in [9.17, 15) is 0 Å². The summed E-state index contributed by atoms with van der Waals surface area (Å²) in [5.74, 6) is -0.289. The molecule has 0 saturated heterocycles. The fourth-order valence-corrected chi connectivity index (χ4v) is 0.158. The Balaban J connectivity index is 3.87. The predicted molar refractivity (Wildman–Crippen MR) is 31.1 cm³/mol. The molecule has 0 heterocycles. The molecule has 2 nitrogen and oxygen atoms in total. The molecular weight excluding hydrogens is 102 g/mol. The molecule has 0 rings (SSSR count). The second-order valence-corrected chi connectivity index (χ2v) is 2.50. The van der Waals surface area contributed by atoms with Crippen LogP contribution in [0.15, 0.2) is 0 Å². The number of aliphatic hydroxyl groups is 1. The van der Waals surface area contributed by atoms with Gasteiger partial charge in [0.1, 0.15) is 0 Å². The minimum Gasteiger partial charge on any atom is -0.389 e. The van der Waals surface area contributed by atoms with Crippen LogP contribution in [0.2, 0.25) is 0 Å². The average Bonchev–Trinajstić information content (AvgIpc) is 1.62. The zero-order chi connectivity index (χ0) is 6.78. The fourth-order valence-electron chi connectivity index (χ4n) is 0.158. The van der Waals surface area contributed by atoms with Crippen LogP contribution >= 0.6 is 0 Å². The summed E-state index contributed by atoms with van der Waals surface area (Å²) in [6.07, 6.45) is 0. The van der Waals surface area contributed by atoms with Crippen LogP contribution in [0.1, 0.15) is 20.8 Å². The van der Waals surface area contributed by atoms with Crippen molar-refractivity contribution in [2.45, 2.75) is 26.4 Å². The summed E-state index contributed by atoms with van der Waals surface area (Å²) in [4.78, 5) is 0. The van der Waals surface area contributed by atoms with E-state index in [-0.39, 0.29) is 5.92 Å². The van der Waals surface area contributed by atoms with E-state index < -0.39 is 5.60 Å². The van der Waals surface area contributed by atoms with Crippen LogP contribution in [0, 0.1) is 17.2 Å². The van der Waals surface area contributed by atoms with Gasteiger partial charge in [0.2, 0.25) is 0 Å². The lowest BCUT2D eigenvalue weighted by molar-refractivity contribution is 0.0469. The largest absolute Gasteiger partial charge is 0.389 e. The summed E-state index contributed by atoms with van der Waals surface area (Å²) in [7, 11) is 0. The third kappa shape index (κ3) is 1.94. The van der Waals surface area contributed by atoms with Gasteiger partial charge in [-0.05, 0) is 20.8 Å². The van der Waals surface area contributed by atoms with Crippen molar-refractivity contribution in [3.63, 3.8) is 0 Å². The van der Waals surface area contributed by atoms with Gasteiger partial charge >= 0.3 is 0 Å². The molecule has 1 unspecified atom stereocenters. The molecule has 1 N–H and O–H groups in total. The lowest BCUT2D eigenvalue weighted by Crippen LogP contribution is -2.26. The maximum atomic E-state index is 9.06. The first-order valence-corrected chi connectivity index (χ1v) is 2.60. The van der Waals surface area contributed by atoms with Gasteiger partial charge in [0.25, 0.3) is 0 Å². The van der Waals surface area contributed by atoms with E-state index in [0.29, 0.717) is 0 Å². The highest BCUT2D eigenvalue weighted by atomic mass is 16.3. The molecule has 0 spiro atoms. The number of nitrogens with zero attached hydrogens (tertiary/aromatic N) is 1. The van der Waals surface area contributed by atoms with Crippen molar-refractivity contribution in [1.29, 1.82) is 5.26 Å². The molecule has 1 atom stereocenters. The van der Waals surface area contributed by atoms with Crippen molar-refractivity contribution in [3.8, 4) is 6.07 Å². The van der Waals surface area contributed by atoms with Gasteiger partial charge in [-0.3, -0.25) is 0 Å². The summed E-state index contributed by atoms with van der Waals surface area (Å²) < 4.78 is 0. The number of nitriles is 1. The van der Waals surface area contributed by atoms with Crippen molar-refractivity contribution in [3.05, 3.63) is 0 Å². The standard InChI is InChI=1S/C6H11NO/c1-5(4-7)6(2,3)8/h5,8H,1-3H3. The van der Waals surface area contributed by atoms with Crippen molar-refractivity contribution >= 4 is 0 Å². The summed E-state index contributed by atoms with van der Waals surface area (Å²) in [6.45, 7) is 4.95. The SMILES string of the molecule is CC(C#N)C(C)(C)O. The lowest BCUT2D eigenvalue weighted by atomic mass is 9.95. The van der Waals surface area contributed by atoms with E-state index in [0.717, 1.165) is 0 Å². The molecule has 0 saturated carbocycles. The van der Waals surface area contributed by atoms with Crippen LogP contribution in [0.5, 0.6) is 0 Å². The highest BCUT2D eigenvalue weighted by Gasteiger charge is 2.20. The van der Waals surface area contributed by atoms with Gasteiger partial charge in [0.15, 0.2) is 0 Å². The molecule has 0 bridgehead atoms. The molecular formula is C6H11NO. The molecule has 0 aliphatic rings. The van der Waals surface area contributed by atoms with Gasteiger partial charge in [-0.1, -0.05) is 0 Å². The van der Waals surface area contributed by atoms with E-state index in [2.05, 4.69) is 0 Å². The van der Waals surface area contributed by atoms with Gasteiger partial charge in [-0.25, -0.2) is 0 Å². The van der Waals surface area contributed by atoms with Crippen LogP contribution in [0.25, 0.3) is 0 Å². The van der Waals surface area contributed by atoms with Gasteiger partial charge in [-0.15, -0.1) is 0 Å².